The van der Waals surface area contributed by atoms with Crippen LogP contribution in [-0.2, 0) is 14.4 Å². The van der Waals surface area contributed by atoms with Gasteiger partial charge < -0.3 is 10.6 Å². The molecule has 1 aliphatic rings. The van der Waals surface area contributed by atoms with E-state index in [1.165, 1.54) is 0 Å². The van der Waals surface area contributed by atoms with E-state index in [0.717, 1.165) is 27.8 Å². The Labute approximate surface area is 204 Å². The maximum Gasteiger partial charge on any atom is 0.293 e. The summed E-state index contributed by atoms with van der Waals surface area (Å²) in [4.78, 5) is 51.8. The van der Waals surface area contributed by atoms with Crippen LogP contribution in [0.25, 0.3) is 6.08 Å². The molecule has 8 heteroatoms. The Bertz CT molecular complexity index is 1080. The number of rotatable bonds is 9. The SMILES string of the molecule is Cc1ccc(/C=C2/SC(=O)N(CCNC(=O)C(NC(=O)CC(C)C)c3ccccc3)C2=O)cc1. The van der Waals surface area contributed by atoms with E-state index < -0.39 is 11.9 Å². The molecule has 2 aromatic rings. The largest absolute Gasteiger partial charge is 0.352 e. The Balaban J connectivity index is 1.61. The molecule has 4 amide bonds. The standard InChI is InChI=1S/C26H29N3O4S/c1-17(2)15-22(30)28-23(20-7-5-4-6-8-20)24(31)27-13-14-29-25(32)21(34-26(29)33)16-19-11-9-18(3)10-12-19/h4-12,16-17,23H,13-15H2,1-3H3,(H,27,31)(H,28,30)/b21-16+. The number of hydrogen-bond acceptors (Lipinski definition) is 5. The van der Waals surface area contributed by atoms with Crippen LogP contribution in [-0.4, -0.2) is 41.0 Å². The van der Waals surface area contributed by atoms with Gasteiger partial charge in [0.1, 0.15) is 6.04 Å². The second-order valence-corrected chi connectivity index (χ2v) is 9.54. The molecule has 1 heterocycles. The van der Waals surface area contributed by atoms with Crippen LogP contribution in [0.1, 0.15) is 43.0 Å². The average molecular weight is 480 g/mol. The molecule has 34 heavy (non-hydrogen) atoms. The molecule has 0 radical (unpaired) electrons. The first-order chi connectivity index (χ1) is 16.2. The summed E-state index contributed by atoms with van der Waals surface area (Å²) in [6.07, 6.45) is 2.00. The number of carbonyl (C=O) groups is 4. The summed E-state index contributed by atoms with van der Waals surface area (Å²) in [5, 5.41) is 5.16. The molecule has 1 atom stereocenters. The number of imide groups is 1. The first-order valence-corrected chi connectivity index (χ1v) is 12.0. The summed E-state index contributed by atoms with van der Waals surface area (Å²) < 4.78 is 0. The normalized spacial score (nSPS) is 15.6. The van der Waals surface area contributed by atoms with Gasteiger partial charge in [-0.15, -0.1) is 0 Å². The van der Waals surface area contributed by atoms with Crippen LogP contribution < -0.4 is 10.6 Å². The van der Waals surface area contributed by atoms with Crippen molar-refractivity contribution in [1.29, 1.82) is 0 Å². The van der Waals surface area contributed by atoms with E-state index in [4.69, 9.17) is 0 Å². The van der Waals surface area contributed by atoms with Gasteiger partial charge in [-0.3, -0.25) is 24.1 Å². The molecule has 2 aromatic carbocycles. The monoisotopic (exact) mass is 479 g/mol. The molecule has 2 N–H and O–H groups in total. The quantitative estimate of drug-likeness (QED) is 0.529. The predicted octanol–water partition coefficient (Wildman–Crippen LogP) is 4.05. The number of carbonyl (C=O) groups excluding carboxylic acids is 4. The van der Waals surface area contributed by atoms with Gasteiger partial charge in [-0.05, 0) is 41.8 Å². The first kappa shape index (κ1) is 25.2. The van der Waals surface area contributed by atoms with Gasteiger partial charge in [-0.25, -0.2) is 0 Å². The minimum Gasteiger partial charge on any atom is -0.352 e. The van der Waals surface area contributed by atoms with Crippen molar-refractivity contribution in [2.24, 2.45) is 5.92 Å². The van der Waals surface area contributed by atoms with E-state index in [-0.39, 0.29) is 36.1 Å². The third kappa shape index (κ3) is 6.81. The van der Waals surface area contributed by atoms with Crippen LogP contribution in [0.3, 0.4) is 0 Å². The zero-order valence-electron chi connectivity index (χ0n) is 19.5. The lowest BCUT2D eigenvalue weighted by atomic mass is 10.0. The fourth-order valence-corrected chi connectivity index (χ4v) is 4.30. The summed E-state index contributed by atoms with van der Waals surface area (Å²) in [7, 11) is 0. The van der Waals surface area contributed by atoms with Gasteiger partial charge >= 0.3 is 0 Å². The van der Waals surface area contributed by atoms with Gasteiger partial charge in [0.15, 0.2) is 0 Å². The first-order valence-electron chi connectivity index (χ1n) is 11.2. The molecule has 0 aliphatic carbocycles. The van der Waals surface area contributed by atoms with Gasteiger partial charge in [0, 0.05) is 19.5 Å². The maximum atomic E-state index is 12.9. The molecule has 0 aromatic heterocycles. The third-order valence-electron chi connectivity index (χ3n) is 5.18. The van der Waals surface area contributed by atoms with Gasteiger partial charge in [0.2, 0.25) is 11.8 Å². The van der Waals surface area contributed by atoms with E-state index >= 15 is 0 Å². The number of nitrogens with one attached hydrogen (secondary N) is 2. The zero-order valence-corrected chi connectivity index (χ0v) is 20.4. The smallest absolute Gasteiger partial charge is 0.293 e. The van der Waals surface area contributed by atoms with Crippen LogP contribution in [0.5, 0.6) is 0 Å². The van der Waals surface area contributed by atoms with Crippen LogP contribution in [0.4, 0.5) is 4.79 Å². The van der Waals surface area contributed by atoms with Gasteiger partial charge in [0.05, 0.1) is 4.91 Å². The summed E-state index contributed by atoms with van der Waals surface area (Å²) in [6.45, 7) is 5.97. The van der Waals surface area contributed by atoms with E-state index in [9.17, 15) is 19.2 Å². The van der Waals surface area contributed by atoms with E-state index in [1.807, 2.05) is 51.1 Å². The highest BCUT2D eigenvalue weighted by atomic mass is 32.2. The van der Waals surface area contributed by atoms with Crippen LogP contribution in [0.2, 0.25) is 0 Å². The van der Waals surface area contributed by atoms with Gasteiger partial charge in [-0.2, -0.15) is 0 Å². The molecular formula is C26H29N3O4S. The number of amides is 4. The second-order valence-electron chi connectivity index (χ2n) is 8.54. The molecule has 1 unspecified atom stereocenters. The minimum atomic E-state index is -0.858. The predicted molar refractivity (Wildman–Crippen MR) is 134 cm³/mol. The number of thioether (sulfide) groups is 1. The number of nitrogens with zero attached hydrogens (tertiary/aromatic N) is 1. The van der Waals surface area contributed by atoms with Crippen molar-refractivity contribution in [1.82, 2.24) is 15.5 Å². The summed E-state index contributed by atoms with van der Waals surface area (Å²) in [5.41, 5.74) is 2.60. The Hall–Kier alpha value is -3.39. The lowest BCUT2D eigenvalue weighted by molar-refractivity contribution is -0.129. The number of hydrogen-bond donors (Lipinski definition) is 2. The molecule has 0 spiro atoms. The van der Waals surface area contributed by atoms with Crippen LogP contribution in [0.15, 0.2) is 59.5 Å². The van der Waals surface area contributed by atoms with Crippen molar-refractivity contribution in [3.63, 3.8) is 0 Å². The zero-order chi connectivity index (χ0) is 24.7. The Morgan fingerprint density at radius 1 is 1.03 bits per heavy atom. The van der Waals surface area contributed by atoms with Crippen LogP contribution in [0, 0.1) is 12.8 Å². The maximum absolute atomic E-state index is 12.9. The van der Waals surface area contributed by atoms with Gasteiger partial charge in [-0.1, -0.05) is 74.0 Å². The lowest BCUT2D eigenvalue weighted by Gasteiger charge is -2.20. The Kier molecular flexibility index (Phi) is 8.65. The molecule has 1 saturated heterocycles. The summed E-state index contributed by atoms with van der Waals surface area (Å²) >= 11 is 0.886. The number of benzene rings is 2. The molecule has 1 aliphatic heterocycles. The van der Waals surface area contributed by atoms with Gasteiger partial charge in [0.25, 0.3) is 11.1 Å². The van der Waals surface area contributed by atoms with Crippen molar-refractivity contribution in [3.05, 3.63) is 76.2 Å². The molecule has 1 fully saturated rings. The van der Waals surface area contributed by atoms with Crippen molar-refractivity contribution in [3.8, 4) is 0 Å². The van der Waals surface area contributed by atoms with Crippen LogP contribution >= 0.6 is 11.8 Å². The van der Waals surface area contributed by atoms with Crippen molar-refractivity contribution >= 4 is 40.8 Å². The van der Waals surface area contributed by atoms with E-state index in [0.29, 0.717) is 16.9 Å². The Morgan fingerprint density at radius 2 is 1.71 bits per heavy atom. The lowest BCUT2D eigenvalue weighted by Crippen LogP contribution is -2.43. The van der Waals surface area contributed by atoms with Crippen molar-refractivity contribution in [2.75, 3.05) is 13.1 Å². The highest BCUT2D eigenvalue weighted by molar-refractivity contribution is 8.18. The molecule has 3 rings (SSSR count). The highest BCUT2D eigenvalue weighted by Gasteiger charge is 2.35. The number of aryl methyl sites for hydroxylation is 1. The topological polar surface area (TPSA) is 95.6 Å². The van der Waals surface area contributed by atoms with Crippen molar-refractivity contribution < 1.29 is 19.2 Å². The molecule has 0 saturated carbocycles. The highest BCUT2D eigenvalue weighted by Crippen LogP contribution is 2.31. The van der Waals surface area contributed by atoms with E-state index in [1.54, 1.807) is 30.3 Å². The molecular weight excluding hydrogens is 450 g/mol. The third-order valence-corrected chi connectivity index (χ3v) is 6.08. The van der Waals surface area contributed by atoms with Crippen molar-refractivity contribution in [2.45, 2.75) is 33.2 Å². The molecule has 178 valence electrons. The molecule has 0 bridgehead atoms. The minimum absolute atomic E-state index is 0.0447. The summed E-state index contributed by atoms with van der Waals surface area (Å²) in [6, 6.07) is 15.8. The Morgan fingerprint density at radius 3 is 2.35 bits per heavy atom. The molecule has 7 nitrogen and oxygen atoms in total. The average Bonchev–Trinajstić information content (AvgIpc) is 3.06. The second kappa shape index (κ2) is 11.7. The fraction of sp³-hybridized carbons (Fsp3) is 0.308. The fourth-order valence-electron chi connectivity index (χ4n) is 3.44. The summed E-state index contributed by atoms with van der Waals surface area (Å²) in [5.74, 6) is -0.835. The van der Waals surface area contributed by atoms with E-state index in [2.05, 4.69) is 10.6 Å².